The summed E-state index contributed by atoms with van der Waals surface area (Å²) in [4.78, 5) is 8.48. The summed E-state index contributed by atoms with van der Waals surface area (Å²) in [5.41, 5.74) is 1.71. The Labute approximate surface area is 133 Å². The first-order chi connectivity index (χ1) is 11.2. The number of aromatic nitrogens is 4. The van der Waals surface area contributed by atoms with Gasteiger partial charge in [-0.3, -0.25) is 0 Å². The summed E-state index contributed by atoms with van der Waals surface area (Å²) >= 11 is 0. The number of nitrogens with one attached hydrogen (secondary N) is 1. The van der Waals surface area contributed by atoms with Gasteiger partial charge in [0.15, 0.2) is 0 Å². The number of benzene rings is 1. The van der Waals surface area contributed by atoms with Crippen LogP contribution in [0.1, 0.15) is 18.2 Å². The van der Waals surface area contributed by atoms with Gasteiger partial charge in [0.05, 0.1) is 12.3 Å². The van der Waals surface area contributed by atoms with E-state index in [0.29, 0.717) is 18.8 Å². The summed E-state index contributed by atoms with van der Waals surface area (Å²) in [6, 6.07) is 8.59. The molecule has 0 aliphatic carbocycles. The molecule has 7 heteroatoms. The van der Waals surface area contributed by atoms with Crippen LogP contribution in [0.2, 0.25) is 0 Å². The Hall–Kier alpha value is -2.54. The maximum atomic E-state index is 13.3. The van der Waals surface area contributed by atoms with Crippen molar-refractivity contribution in [3.8, 4) is 0 Å². The maximum Gasteiger partial charge on any atom is 0.254 e. The molecule has 0 fully saturated rings. The lowest BCUT2D eigenvalue weighted by atomic mass is 10.1. The van der Waals surface area contributed by atoms with E-state index in [-0.39, 0.29) is 11.9 Å². The third-order valence-electron chi connectivity index (χ3n) is 3.42. The molecule has 6 nitrogen and oxygen atoms in total. The molecule has 3 rings (SSSR count). The summed E-state index contributed by atoms with van der Waals surface area (Å²) in [5, 5.41) is 7.55. The minimum Gasteiger partial charge on any atom is -0.378 e. The Morgan fingerprint density at radius 3 is 3.00 bits per heavy atom. The molecule has 3 aromatic rings. The van der Waals surface area contributed by atoms with Crippen molar-refractivity contribution in [2.45, 2.75) is 26.0 Å². The van der Waals surface area contributed by atoms with Crippen molar-refractivity contribution < 1.29 is 9.13 Å². The van der Waals surface area contributed by atoms with Crippen molar-refractivity contribution in [2.75, 3.05) is 12.4 Å². The molecule has 0 bridgehead atoms. The lowest BCUT2D eigenvalue weighted by Crippen LogP contribution is -2.20. The molecular weight excluding hydrogens is 297 g/mol. The SMILES string of the molecule is COCc1cc(NC(C)Cc2cccc(F)c2)n2ncnc2n1. The Morgan fingerprint density at radius 1 is 1.35 bits per heavy atom. The fraction of sp³-hybridized carbons (Fsp3) is 0.312. The van der Waals surface area contributed by atoms with Gasteiger partial charge in [0.1, 0.15) is 18.0 Å². The van der Waals surface area contributed by atoms with Gasteiger partial charge >= 0.3 is 0 Å². The van der Waals surface area contributed by atoms with E-state index < -0.39 is 0 Å². The van der Waals surface area contributed by atoms with Crippen LogP contribution in [0.25, 0.3) is 5.78 Å². The molecule has 0 saturated heterocycles. The number of ether oxygens (including phenoxy) is 1. The zero-order valence-electron chi connectivity index (χ0n) is 13.0. The molecule has 23 heavy (non-hydrogen) atoms. The molecule has 1 atom stereocenters. The predicted molar refractivity (Wildman–Crippen MR) is 84.7 cm³/mol. The van der Waals surface area contributed by atoms with E-state index in [0.717, 1.165) is 17.1 Å². The molecule has 0 aliphatic heterocycles. The second kappa shape index (κ2) is 6.70. The van der Waals surface area contributed by atoms with E-state index >= 15 is 0 Å². The minimum absolute atomic E-state index is 0.0852. The molecule has 1 N–H and O–H groups in total. The van der Waals surface area contributed by atoms with E-state index in [4.69, 9.17) is 4.74 Å². The van der Waals surface area contributed by atoms with Gasteiger partial charge in [0.25, 0.3) is 5.78 Å². The molecular formula is C16H18FN5O. The van der Waals surface area contributed by atoms with Crippen molar-refractivity contribution in [2.24, 2.45) is 0 Å². The van der Waals surface area contributed by atoms with Crippen molar-refractivity contribution >= 4 is 11.6 Å². The first-order valence-corrected chi connectivity index (χ1v) is 7.35. The van der Waals surface area contributed by atoms with Crippen LogP contribution in [0.3, 0.4) is 0 Å². The standard InChI is InChI=1S/C16H18FN5O/c1-11(6-12-4-3-5-13(17)7-12)20-15-8-14(9-23-2)21-16-18-10-19-22(15)16/h3-5,7-8,10-11,20H,6,9H2,1-2H3. The number of rotatable bonds is 6. The maximum absolute atomic E-state index is 13.3. The van der Waals surface area contributed by atoms with Crippen LogP contribution >= 0.6 is 0 Å². The summed E-state index contributed by atoms with van der Waals surface area (Å²) < 4.78 is 20.1. The van der Waals surface area contributed by atoms with Crippen LogP contribution in [0.5, 0.6) is 0 Å². The monoisotopic (exact) mass is 315 g/mol. The molecule has 0 saturated carbocycles. The predicted octanol–water partition coefficient (Wildman–Crippen LogP) is 2.45. The second-order valence-corrected chi connectivity index (χ2v) is 5.42. The molecule has 2 aromatic heterocycles. The Kier molecular flexibility index (Phi) is 4.47. The molecule has 1 unspecified atom stereocenters. The van der Waals surface area contributed by atoms with Gasteiger partial charge in [-0.2, -0.15) is 14.6 Å². The Balaban J connectivity index is 1.81. The number of halogens is 1. The highest BCUT2D eigenvalue weighted by Gasteiger charge is 2.11. The van der Waals surface area contributed by atoms with Crippen molar-refractivity contribution in [3.05, 3.63) is 53.7 Å². The number of hydrogen-bond donors (Lipinski definition) is 1. The molecule has 2 heterocycles. The average molecular weight is 315 g/mol. The van der Waals surface area contributed by atoms with Gasteiger partial charge in [-0.15, -0.1) is 0 Å². The van der Waals surface area contributed by atoms with Crippen molar-refractivity contribution in [1.29, 1.82) is 0 Å². The molecule has 0 amide bonds. The van der Waals surface area contributed by atoms with Gasteiger partial charge < -0.3 is 10.1 Å². The molecule has 0 radical (unpaired) electrons. The topological polar surface area (TPSA) is 64.3 Å². The normalized spacial score (nSPS) is 12.5. The van der Waals surface area contributed by atoms with Crippen LogP contribution in [-0.2, 0) is 17.8 Å². The van der Waals surface area contributed by atoms with Gasteiger partial charge in [0, 0.05) is 19.2 Å². The second-order valence-electron chi connectivity index (χ2n) is 5.42. The van der Waals surface area contributed by atoms with Crippen LogP contribution < -0.4 is 5.32 Å². The Morgan fingerprint density at radius 2 is 2.22 bits per heavy atom. The van der Waals surface area contributed by atoms with Crippen LogP contribution in [0, 0.1) is 5.82 Å². The minimum atomic E-state index is -0.223. The lowest BCUT2D eigenvalue weighted by Gasteiger charge is -2.16. The summed E-state index contributed by atoms with van der Waals surface area (Å²) in [5.74, 6) is 1.07. The third-order valence-corrected chi connectivity index (χ3v) is 3.42. The highest BCUT2D eigenvalue weighted by atomic mass is 19.1. The number of hydrogen-bond acceptors (Lipinski definition) is 5. The van der Waals surface area contributed by atoms with E-state index in [1.807, 2.05) is 19.1 Å². The zero-order valence-corrected chi connectivity index (χ0v) is 13.0. The molecule has 0 aliphatic rings. The summed E-state index contributed by atoms with van der Waals surface area (Å²) in [6.45, 7) is 2.43. The highest BCUT2D eigenvalue weighted by molar-refractivity contribution is 5.45. The number of methoxy groups -OCH3 is 1. The average Bonchev–Trinajstić information content (AvgIpc) is 2.96. The zero-order chi connectivity index (χ0) is 16.2. The van der Waals surface area contributed by atoms with E-state index in [1.165, 1.54) is 12.4 Å². The fourth-order valence-corrected chi connectivity index (χ4v) is 2.51. The van der Waals surface area contributed by atoms with Gasteiger partial charge in [-0.25, -0.2) is 9.37 Å². The van der Waals surface area contributed by atoms with Gasteiger partial charge in [-0.05, 0) is 31.0 Å². The van der Waals surface area contributed by atoms with Crippen LogP contribution in [0.4, 0.5) is 10.2 Å². The molecule has 120 valence electrons. The quantitative estimate of drug-likeness (QED) is 0.757. The summed E-state index contributed by atoms with van der Waals surface area (Å²) in [6.07, 6.45) is 2.15. The largest absolute Gasteiger partial charge is 0.378 e. The number of fused-ring (bicyclic) bond motifs is 1. The van der Waals surface area contributed by atoms with E-state index in [1.54, 1.807) is 23.8 Å². The molecule has 0 spiro atoms. The number of nitrogens with zero attached hydrogens (tertiary/aromatic N) is 4. The third kappa shape index (κ3) is 3.62. The Bertz CT molecular complexity index is 804. The van der Waals surface area contributed by atoms with Gasteiger partial charge in [0.2, 0.25) is 0 Å². The summed E-state index contributed by atoms with van der Waals surface area (Å²) in [7, 11) is 1.62. The van der Waals surface area contributed by atoms with Gasteiger partial charge in [-0.1, -0.05) is 12.1 Å². The van der Waals surface area contributed by atoms with E-state index in [2.05, 4.69) is 20.4 Å². The first kappa shape index (κ1) is 15.4. The fourth-order valence-electron chi connectivity index (χ4n) is 2.51. The first-order valence-electron chi connectivity index (χ1n) is 7.35. The van der Waals surface area contributed by atoms with Crippen LogP contribution in [0.15, 0.2) is 36.7 Å². The van der Waals surface area contributed by atoms with E-state index in [9.17, 15) is 4.39 Å². The van der Waals surface area contributed by atoms with Crippen molar-refractivity contribution in [3.63, 3.8) is 0 Å². The number of anilines is 1. The van der Waals surface area contributed by atoms with Crippen molar-refractivity contribution in [1.82, 2.24) is 19.6 Å². The van der Waals surface area contributed by atoms with Crippen LogP contribution in [-0.4, -0.2) is 32.7 Å². The smallest absolute Gasteiger partial charge is 0.254 e. The molecule has 1 aromatic carbocycles. The highest BCUT2D eigenvalue weighted by Crippen LogP contribution is 2.15. The lowest BCUT2D eigenvalue weighted by molar-refractivity contribution is 0.181.